The van der Waals surface area contributed by atoms with Crippen molar-refractivity contribution in [3.05, 3.63) is 59.6 Å². The van der Waals surface area contributed by atoms with Crippen molar-refractivity contribution in [2.75, 3.05) is 13.2 Å². The summed E-state index contributed by atoms with van der Waals surface area (Å²) in [4.78, 5) is 0. The first-order chi connectivity index (χ1) is 11.5. The van der Waals surface area contributed by atoms with Gasteiger partial charge in [0.15, 0.2) is 0 Å². The van der Waals surface area contributed by atoms with Gasteiger partial charge >= 0.3 is 0 Å². The number of hydrogen-bond acceptors (Lipinski definition) is 3. The molecule has 0 aromatic rings. The van der Waals surface area contributed by atoms with Gasteiger partial charge in [0.1, 0.15) is 5.60 Å². The van der Waals surface area contributed by atoms with Crippen molar-refractivity contribution in [2.24, 2.45) is 0 Å². The van der Waals surface area contributed by atoms with Gasteiger partial charge in [0.25, 0.3) is 0 Å². The fraction of sp³-hybridized carbons (Fsp3) is 0.524. The molecule has 1 heterocycles. The van der Waals surface area contributed by atoms with Crippen molar-refractivity contribution in [3.8, 4) is 0 Å². The van der Waals surface area contributed by atoms with Gasteiger partial charge in [0.05, 0.1) is 12.0 Å². The molecule has 0 aromatic carbocycles. The highest BCUT2D eigenvalue weighted by molar-refractivity contribution is 8.02. The van der Waals surface area contributed by atoms with Crippen LogP contribution in [0.2, 0.25) is 0 Å². The average Bonchev–Trinajstić information content (AvgIpc) is 2.87. The SMILES string of the molecule is C=C/C=C\C/C(C)=C/SC(C)NCC1(CCC)OCC(=C)/C1=C\C. The van der Waals surface area contributed by atoms with E-state index in [2.05, 4.69) is 63.7 Å². The van der Waals surface area contributed by atoms with Crippen molar-refractivity contribution in [1.29, 1.82) is 0 Å². The summed E-state index contributed by atoms with van der Waals surface area (Å²) in [6.07, 6.45) is 11.2. The van der Waals surface area contributed by atoms with Crippen LogP contribution in [0.15, 0.2) is 59.6 Å². The number of nitrogens with one attached hydrogen (secondary N) is 1. The first kappa shape index (κ1) is 21.0. The van der Waals surface area contributed by atoms with Crippen molar-refractivity contribution in [3.63, 3.8) is 0 Å². The monoisotopic (exact) mass is 347 g/mol. The van der Waals surface area contributed by atoms with Gasteiger partial charge in [-0.15, -0.1) is 11.8 Å². The molecule has 0 aromatic heterocycles. The van der Waals surface area contributed by atoms with E-state index in [4.69, 9.17) is 4.74 Å². The van der Waals surface area contributed by atoms with E-state index in [1.165, 1.54) is 11.1 Å². The number of allylic oxidation sites excluding steroid dienone is 5. The molecule has 1 N–H and O–H groups in total. The topological polar surface area (TPSA) is 21.3 Å². The quantitative estimate of drug-likeness (QED) is 0.401. The van der Waals surface area contributed by atoms with Crippen molar-refractivity contribution < 1.29 is 4.74 Å². The Morgan fingerprint density at radius 3 is 2.88 bits per heavy atom. The summed E-state index contributed by atoms with van der Waals surface area (Å²) in [5.74, 6) is 0. The standard InChI is InChI=1S/C21H33NOS/c1-7-10-11-12-17(4)15-24-19(6)22-16-21(13-8-2)20(9-3)18(5)14-23-21/h7,9-11,15,19,22H,1,5,8,12-14,16H2,2-4,6H3/b11-10-,17-15+,20-9+. The lowest BCUT2D eigenvalue weighted by Gasteiger charge is -2.31. The number of ether oxygens (including phenoxy) is 1. The Hall–Kier alpha value is -1.03. The molecule has 0 saturated carbocycles. The van der Waals surface area contributed by atoms with Gasteiger partial charge in [-0.2, -0.15) is 0 Å². The molecule has 3 heteroatoms. The summed E-state index contributed by atoms with van der Waals surface area (Å²) in [6.45, 7) is 18.0. The number of thioether (sulfide) groups is 1. The maximum absolute atomic E-state index is 6.16. The lowest BCUT2D eigenvalue weighted by atomic mass is 9.87. The van der Waals surface area contributed by atoms with E-state index < -0.39 is 0 Å². The lowest BCUT2D eigenvalue weighted by molar-refractivity contribution is 0.0196. The molecule has 0 amide bonds. The Kier molecular flexibility index (Phi) is 9.42. The first-order valence-corrected chi connectivity index (χ1v) is 9.74. The molecule has 1 rings (SSSR count). The largest absolute Gasteiger partial charge is 0.364 e. The zero-order chi connectivity index (χ0) is 18.0. The molecule has 2 nitrogen and oxygen atoms in total. The minimum atomic E-state index is -0.207. The summed E-state index contributed by atoms with van der Waals surface area (Å²) in [5, 5.41) is 6.21. The highest BCUT2D eigenvalue weighted by Crippen LogP contribution is 2.38. The summed E-state index contributed by atoms with van der Waals surface area (Å²) in [5.41, 5.74) is 3.55. The van der Waals surface area contributed by atoms with Crippen molar-refractivity contribution in [1.82, 2.24) is 5.32 Å². The zero-order valence-corrected chi connectivity index (χ0v) is 16.5. The second-order valence-corrected chi connectivity index (χ2v) is 7.55. The molecular formula is C21H33NOS. The van der Waals surface area contributed by atoms with Crippen LogP contribution in [0.3, 0.4) is 0 Å². The van der Waals surface area contributed by atoms with E-state index in [1.54, 1.807) is 0 Å². The van der Waals surface area contributed by atoms with Crippen LogP contribution in [0, 0.1) is 0 Å². The molecule has 134 valence electrons. The molecular weight excluding hydrogens is 314 g/mol. The third-order valence-corrected chi connectivity index (χ3v) is 5.31. The van der Waals surface area contributed by atoms with Crippen LogP contribution in [-0.2, 0) is 4.74 Å². The van der Waals surface area contributed by atoms with Crippen LogP contribution in [0.1, 0.15) is 47.0 Å². The van der Waals surface area contributed by atoms with Crippen LogP contribution in [0.5, 0.6) is 0 Å². The fourth-order valence-corrected chi connectivity index (χ4v) is 3.70. The van der Waals surface area contributed by atoms with Crippen LogP contribution >= 0.6 is 11.8 Å². The summed E-state index contributed by atoms with van der Waals surface area (Å²) in [6, 6.07) is 0. The molecule has 0 radical (unpaired) electrons. The van der Waals surface area contributed by atoms with Gasteiger partial charge in [-0.3, -0.25) is 0 Å². The van der Waals surface area contributed by atoms with Gasteiger partial charge in [-0.25, -0.2) is 0 Å². The van der Waals surface area contributed by atoms with E-state index in [0.717, 1.165) is 31.4 Å². The molecule has 1 aliphatic rings. The molecule has 1 saturated heterocycles. The highest BCUT2D eigenvalue weighted by atomic mass is 32.2. The molecule has 1 aliphatic heterocycles. The van der Waals surface area contributed by atoms with Gasteiger partial charge in [0, 0.05) is 6.54 Å². The Bertz CT molecular complexity index is 518. The van der Waals surface area contributed by atoms with E-state index in [1.807, 2.05) is 23.9 Å². The smallest absolute Gasteiger partial charge is 0.106 e. The Morgan fingerprint density at radius 1 is 1.50 bits per heavy atom. The zero-order valence-electron chi connectivity index (χ0n) is 15.7. The lowest BCUT2D eigenvalue weighted by Crippen LogP contribution is -2.43. The summed E-state index contributed by atoms with van der Waals surface area (Å²) < 4.78 is 6.16. The van der Waals surface area contributed by atoms with E-state index >= 15 is 0 Å². The summed E-state index contributed by atoms with van der Waals surface area (Å²) in [7, 11) is 0. The fourth-order valence-electron chi connectivity index (χ4n) is 2.99. The van der Waals surface area contributed by atoms with Crippen LogP contribution in [0.4, 0.5) is 0 Å². The predicted molar refractivity (Wildman–Crippen MR) is 109 cm³/mol. The molecule has 0 bridgehead atoms. The molecule has 1 fully saturated rings. The van der Waals surface area contributed by atoms with Gasteiger partial charge in [-0.05, 0) is 50.2 Å². The molecule has 2 atom stereocenters. The van der Waals surface area contributed by atoms with Crippen LogP contribution < -0.4 is 5.32 Å². The van der Waals surface area contributed by atoms with Crippen LogP contribution in [-0.4, -0.2) is 24.1 Å². The Morgan fingerprint density at radius 2 is 2.25 bits per heavy atom. The molecule has 0 spiro atoms. The van der Waals surface area contributed by atoms with Crippen molar-refractivity contribution >= 4 is 11.8 Å². The summed E-state index contributed by atoms with van der Waals surface area (Å²) >= 11 is 1.82. The minimum Gasteiger partial charge on any atom is -0.364 e. The second kappa shape index (κ2) is 10.8. The normalized spacial score (nSPS) is 24.9. The van der Waals surface area contributed by atoms with E-state index in [0.29, 0.717) is 12.0 Å². The van der Waals surface area contributed by atoms with E-state index in [9.17, 15) is 0 Å². The Labute approximate surface area is 152 Å². The number of rotatable bonds is 10. The van der Waals surface area contributed by atoms with Crippen LogP contribution in [0.25, 0.3) is 0 Å². The maximum Gasteiger partial charge on any atom is 0.106 e. The minimum absolute atomic E-state index is 0.207. The first-order valence-electron chi connectivity index (χ1n) is 8.80. The van der Waals surface area contributed by atoms with Gasteiger partial charge in [0.2, 0.25) is 0 Å². The van der Waals surface area contributed by atoms with Gasteiger partial charge < -0.3 is 10.1 Å². The molecule has 0 aliphatic carbocycles. The number of hydrogen-bond donors (Lipinski definition) is 1. The average molecular weight is 348 g/mol. The van der Waals surface area contributed by atoms with E-state index in [-0.39, 0.29) is 5.60 Å². The van der Waals surface area contributed by atoms with Crippen molar-refractivity contribution in [2.45, 2.75) is 57.9 Å². The Balaban J connectivity index is 2.58. The second-order valence-electron chi connectivity index (χ2n) is 6.33. The predicted octanol–water partition coefficient (Wildman–Crippen LogP) is 5.76. The third kappa shape index (κ3) is 6.12. The third-order valence-electron chi connectivity index (χ3n) is 4.20. The molecule has 24 heavy (non-hydrogen) atoms. The highest BCUT2D eigenvalue weighted by Gasteiger charge is 2.40. The maximum atomic E-state index is 6.16. The molecule has 2 unspecified atom stereocenters. The van der Waals surface area contributed by atoms with Gasteiger partial charge in [-0.1, -0.05) is 56.4 Å².